The number of benzene rings is 1. The Morgan fingerprint density at radius 2 is 2.11 bits per heavy atom. The summed E-state index contributed by atoms with van der Waals surface area (Å²) in [7, 11) is -2.45. The molecular weight excluding hydrogens is 273 g/mol. The van der Waals surface area contributed by atoms with E-state index in [9.17, 15) is 12.8 Å². The highest BCUT2D eigenvalue weighted by atomic mass is 32.2. The predicted octanol–water partition coefficient (Wildman–Crippen LogP) is 1.54. The molecule has 0 heterocycles. The Bertz CT molecular complexity index is 504. The monoisotopic (exact) mass is 291 g/mol. The van der Waals surface area contributed by atoms with Crippen molar-refractivity contribution in [2.24, 2.45) is 0 Å². The molecule has 1 N–H and O–H groups in total. The van der Waals surface area contributed by atoms with E-state index in [1.807, 2.05) is 6.92 Å². The second-order valence-electron chi connectivity index (χ2n) is 3.74. The molecule has 19 heavy (non-hydrogen) atoms. The molecule has 0 aromatic heterocycles. The summed E-state index contributed by atoms with van der Waals surface area (Å²) in [6, 6.07) is 3.36. The third-order valence-electron chi connectivity index (χ3n) is 2.38. The highest BCUT2D eigenvalue weighted by Crippen LogP contribution is 2.24. The Balaban J connectivity index is 2.74. The number of methoxy groups -OCH3 is 1. The molecule has 0 unspecified atom stereocenters. The average molecular weight is 291 g/mol. The van der Waals surface area contributed by atoms with Gasteiger partial charge in [-0.1, -0.05) is 0 Å². The van der Waals surface area contributed by atoms with Gasteiger partial charge in [-0.3, -0.25) is 0 Å². The molecule has 0 saturated heterocycles. The largest absolute Gasteiger partial charge is 0.495 e. The Labute approximate surface area is 112 Å². The van der Waals surface area contributed by atoms with Gasteiger partial charge in [-0.05, 0) is 31.5 Å². The molecule has 0 aliphatic rings. The Hall–Kier alpha value is -1.18. The van der Waals surface area contributed by atoms with E-state index in [0.717, 1.165) is 12.1 Å². The average Bonchev–Trinajstić information content (AvgIpc) is 2.38. The van der Waals surface area contributed by atoms with Gasteiger partial charge >= 0.3 is 0 Å². The van der Waals surface area contributed by atoms with Gasteiger partial charge in [0.05, 0.1) is 7.11 Å². The number of halogens is 1. The van der Waals surface area contributed by atoms with E-state index in [-0.39, 0.29) is 17.2 Å². The molecule has 0 atom stereocenters. The zero-order valence-corrected chi connectivity index (χ0v) is 11.8. The fraction of sp³-hybridized carbons (Fsp3) is 0.500. The van der Waals surface area contributed by atoms with Crippen molar-refractivity contribution >= 4 is 10.0 Å². The summed E-state index contributed by atoms with van der Waals surface area (Å²) >= 11 is 0. The van der Waals surface area contributed by atoms with Crippen molar-refractivity contribution in [3.63, 3.8) is 0 Å². The van der Waals surface area contributed by atoms with E-state index in [1.165, 1.54) is 13.2 Å². The number of ether oxygens (including phenoxy) is 2. The minimum atomic E-state index is -3.78. The van der Waals surface area contributed by atoms with Gasteiger partial charge in [0, 0.05) is 19.8 Å². The van der Waals surface area contributed by atoms with Crippen LogP contribution in [0, 0.1) is 5.82 Å². The Morgan fingerprint density at radius 3 is 2.74 bits per heavy atom. The van der Waals surface area contributed by atoms with Crippen LogP contribution in [-0.2, 0) is 14.8 Å². The molecule has 7 heteroatoms. The molecule has 1 aromatic rings. The lowest BCUT2D eigenvalue weighted by molar-refractivity contribution is 0.146. The summed E-state index contributed by atoms with van der Waals surface area (Å²) in [6.07, 6.45) is 0.546. The first-order chi connectivity index (χ1) is 9.01. The third-order valence-corrected chi connectivity index (χ3v) is 3.86. The lowest BCUT2D eigenvalue weighted by atomic mass is 10.3. The fourth-order valence-electron chi connectivity index (χ4n) is 1.46. The summed E-state index contributed by atoms with van der Waals surface area (Å²) in [6.45, 7) is 3.15. The van der Waals surface area contributed by atoms with Crippen LogP contribution in [0.1, 0.15) is 13.3 Å². The minimum Gasteiger partial charge on any atom is -0.495 e. The maximum atomic E-state index is 13.1. The van der Waals surface area contributed by atoms with Crippen molar-refractivity contribution in [3.8, 4) is 5.75 Å². The maximum Gasteiger partial charge on any atom is 0.244 e. The van der Waals surface area contributed by atoms with E-state index in [4.69, 9.17) is 9.47 Å². The molecule has 5 nitrogen and oxygen atoms in total. The molecule has 0 aliphatic carbocycles. The third kappa shape index (κ3) is 4.77. The number of rotatable bonds is 8. The fourth-order valence-corrected chi connectivity index (χ4v) is 2.72. The quantitative estimate of drug-likeness (QED) is 0.738. The summed E-state index contributed by atoms with van der Waals surface area (Å²) in [5.74, 6) is -0.519. The number of nitrogens with one attached hydrogen (secondary N) is 1. The molecule has 1 aromatic carbocycles. The summed E-state index contributed by atoms with van der Waals surface area (Å²) < 4.78 is 49.5. The van der Waals surface area contributed by atoms with Crippen LogP contribution in [0.5, 0.6) is 5.75 Å². The van der Waals surface area contributed by atoms with Crippen LogP contribution in [0.2, 0.25) is 0 Å². The second kappa shape index (κ2) is 7.42. The lowest BCUT2D eigenvalue weighted by Crippen LogP contribution is -2.26. The van der Waals surface area contributed by atoms with Gasteiger partial charge in [-0.15, -0.1) is 0 Å². The van der Waals surface area contributed by atoms with Gasteiger partial charge < -0.3 is 9.47 Å². The van der Waals surface area contributed by atoms with E-state index in [1.54, 1.807) is 0 Å². The van der Waals surface area contributed by atoms with Gasteiger partial charge in [0.25, 0.3) is 0 Å². The van der Waals surface area contributed by atoms with E-state index in [2.05, 4.69) is 4.72 Å². The number of hydrogen-bond donors (Lipinski definition) is 1. The first-order valence-electron chi connectivity index (χ1n) is 5.92. The van der Waals surface area contributed by atoms with Crippen LogP contribution in [0.15, 0.2) is 23.1 Å². The van der Waals surface area contributed by atoms with Crippen LogP contribution in [0.3, 0.4) is 0 Å². The highest BCUT2D eigenvalue weighted by Gasteiger charge is 2.19. The molecule has 0 fully saturated rings. The molecule has 0 amide bonds. The van der Waals surface area contributed by atoms with Gasteiger partial charge in [-0.25, -0.2) is 17.5 Å². The number of sulfonamides is 1. The molecule has 0 spiro atoms. The molecule has 0 radical (unpaired) electrons. The summed E-state index contributed by atoms with van der Waals surface area (Å²) in [5.41, 5.74) is 0. The molecular formula is C12H18FNO4S. The predicted molar refractivity (Wildman–Crippen MR) is 69.3 cm³/mol. The molecule has 0 bridgehead atoms. The standard InChI is InChI=1S/C12H18FNO4S/c1-3-18-8-4-7-14-19(15,16)12-9-10(13)5-6-11(12)17-2/h5-6,9,14H,3-4,7-8H2,1-2H3. The Morgan fingerprint density at radius 1 is 1.37 bits per heavy atom. The van der Waals surface area contributed by atoms with Gasteiger partial charge in [0.15, 0.2) is 0 Å². The topological polar surface area (TPSA) is 64.6 Å². The molecule has 0 aliphatic heterocycles. The molecule has 0 saturated carbocycles. The van der Waals surface area contributed by atoms with Gasteiger partial charge in [-0.2, -0.15) is 0 Å². The Kier molecular flexibility index (Phi) is 6.20. The summed E-state index contributed by atoms with van der Waals surface area (Å²) in [4.78, 5) is -0.202. The molecule has 1 rings (SSSR count). The van der Waals surface area contributed by atoms with Crippen molar-refractivity contribution in [1.82, 2.24) is 4.72 Å². The van der Waals surface area contributed by atoms with E-state index >= 15 is 0 Å². The van der Waals surface area contributed by atoms with Crippen LogP contribution in [0.4, 0.5) is 4.39 Å². The van der Waals surface area contributed by atoms with Crippen LogP contribution in [0.25, 0.3) is 0 Å². The van der Waals surface area contributed by atoms with Gasteiger partial charge in [0.2, 0.25) is 10.0 Å². The van der Waals surface area contributed by atoms with Crippen molar-refractivity contribution in [1.29, 1.82) is 0 Å². The smallest absolute Gasteiger partial charge is 0.244 e. The van der Waals surface area contributed by atoms with Crippen LogP contribution in [-0.4, -0.2) is 35.3 Å². The second-order valence-corrected chi connectivity index (χ2v) is 5.48. The van der Waals surface area contributed by atoms with Crippen molar-refractivity contribution in [2.45, 2.75) is 18.2 Å². The van der Waals surface area contributed by atoms with Crippen LogP contribution < -0.4 is 9.46 Å². The normalized spacial score (nSPS) is 11.5. The first-order valence-corrected chi connectivity index (χ1v) is 7.40. The van der Waals surface area contributed by atoms with Crippen molar-refractivity contribution < 1.29 is 22.3 Å². The zero-order valence-electron chi connectivity index (χ0n) is 11.0. The summed E-state index contributed by atoms with van der Waals surface area (Å²) in [5, 5.41) is 0. The zero-order chi connectivity index (χ0) is 14.3. The lowest BCUT2D eigenvalue weighted by Gasteiger charge is -2.10. The maximum absolute atomic E-state index is 13.1. The van der Waals surface area contributed by atoms with E-state index < -0.39 is 15.8 Å². The van der Waals surface area contributed by atoms with Crippen molar-refractivity contribution in [2.75, 3.05) is 26.9 Å². The van der Waals surface area contributed by atoms with Crippen molar-refractivity contribution in [3.05, 3.63) is 24.0 Å². The first kappa shape index (κ1) is 15.9. The SMILES string of the molecule is CCOCCCNS(=O)(=O)c1cc(F)ccc1OC. The number of hydrogen-bond acceptors (Lipinski definition) is 4. The minimum absolute atomic E-state index is 0.110. The highest BCUT2D eigenvalue weighted by molar-refractivity contribution is 7.89. The van der Waals surface area contributed by atoms with Gasteiger partial charge in [0.1, 0.15) is 16.5 Å². The van der Waals surface area contributed by atoms with Crippen LogP contribution >= 0.6 is 0 Å². The molecule has 108 valence electrons. The van der Waals surface area contributed by atoms with E-state index in [0.29, 0.717) is 19.6 Å².